The first-order chi connectivity index (χ1) is 6.03. The van der Waals surface area contributed by atoms with E-state index in [4.69, 9.17) is 0 Å². The van der Waals surface area contributed by atoms with Gasteiger partial charge >= 0.3 is 0 Å². The van der Waals surface area contributed by atoms with Crippen LogP contribution in [-0.2, 0) is 15.5 Å². The number of nitrogens with zero attached hydrogens (tertiary/aromatic N) is 2. The summed E-state index contributed by atoms with van der Waals surface area (Å²) in [6.45, 7) is 0. The molecule has 0 bridgehead atoms. The fourth-order valence-electron chi connectivity index (χ4n) is 0.908. The minimum absolute atomic E-state index is 0.306. The van der Waals surface area contributed by atoms with Crippen molar-refractivity contribution in [3.05, 3.63) is 35.3 Å². The molecule has 0 fully saturated rings. The molecular formula is C8H11N2O2S-. The second-order valence-corrected chi connectivity index (χ2v) is 5.35. The van der Waals surface area contributed by atoms with Gasteiger partial charge in [-0.3, -0.25) is 4.73 Å². The van der Waals surface area contributed by atoms with Crippen LogP contribution in [0.25, 0.3) is 0 Å². The molecule has 0 radical (unpaired) electrons. The summed E-state index contributed by atoms with van der Waals surface area (Å²) in [5, 5.41) is 10.8. The molecule has 1 aromatic rings. The van der Waals surface area contributed by atoms with E-state index in [2.05, 4.69) is 10.6 Å². The predicted octanol–water partition coefficient (Wildman–Crippen LogP) is 0.348. The highest BCUT2D eigenvalue weighted by molar-refractivity contribution is 7.92. The van der Waals surface area contributed by atoms with Crippen molar-refractivity contribution in [3.8, 4) is 0 Å². The van der Waals surface area contributed by atoms with E-state index in [1.54, 1.807) is 12.3 Å². The van der Waals surface area contributed by atoms with Crippen molar-refractivity contribution < 1.29 is 8.94 Å². The van der Waals surface area contributed by atoms with Crippen molar-refractivity contribution in [2.75, 3.05) is 13.3 Å². The van der Waals surface area contributed by atoms with Crippen LogP contribution in [0, 0.1) is 11.4 Å². The second kappa shape index (κ2) is 3.74. The smallest absolute Gasteiger partial charge is 0.125 e. The lowest BCUT2D eigenvalue weighted by Gasteiger charge is -2.08. The average Bonchev–Trinajstić information content (AvgIpc) is 2.03. The summed E-state index contributed by atoms with van der Waals surface area (Å²) in [5.41, 5.74) is 0.715. The van der Waals surface area contributed by atoms with Crippen LogP contribution in [-0.4, -0.2) is 17.5 Å². The summed E-state index contributed by atoms with van der Waals surface area (Å²) in [5.74, 6) is 0.306. The Kier molecular flexibility index (Phi) is 2.87. The fraction of sp³-hybridized carbons (Fsp3) is 0.375. The molecule has 72 valence electrons. The molecule has 0 aliphatic heterocycles. The van der Waals surface area contributed by atoms with E-state index in [-0.39, 0.29) is 0 Å². The van der Waals surface area contributed by atoms with Gasteiger partial charge in [-0.05, 0) is 0 Å². The molecule has 0 spiro atoms. The van der Waals surface area contributed by atoms with Crippen molar-refractivity contribution in [1.82, 2.24) is 0 Å². The van der Waals surface area contributed by atoms with Crippen molar-refractivity contribution in [3.63, 3.8) is 0 Å². The van der Waals surface area contributed by atoms with E-state index in [0.29, 0.717) is 16.0 Å². The van der Waals surface area contributed by atoms with Crippen LogP contribution in [0.4, 0.5) is 0 Å². The first-order valence-electron chi connectivity index (χ1n) is 3.71. The lowest BCUT2D eigenvalue weighted by Crippen LogP contribution is -2.25. The summed E-state index contributed by atoms with van der Waals surface area (Å²) >= 11 is 0. The second-order valence-electron chi connectivity index (χ2n) is 2.78. The first-order valence-corrected chi connectivity index (χ1v) is 5.80. The number of hydrogen-bond acceptors (Lipinski definition) is 3. The van der Waals surface area contributed by atoms with Gasteiger partial charge in [0.2, 0.25) is 0 Å². The Bertz CT molecular complexity index is 408. The van der Waals surface area contributed by atoms with Crippen molar-refractivity contribution >= 4 is 9.73 Å². The Morgan fingerprint density at radius 1 is 1.77 bits per heavy atom. The molecule has 0 aromatic carbocycles. The zero-order valence-electron chi connectivity index (χ0n) is 7.56. The Labute approximate surface area is 78.0 Å². The van der Waals surface area contributed by atoms with Crippen LogP contribution < -0.4 is 4.73 Å². The minimum atomic E-state index is -2.18. The summed E-state index contributed by atoms with van der Waals surface area (Å²) in [4.78, 5) is 0. The van der Waals surface area contributed by atoms with Gasteiger partial charge in [0.1, 0.15) is 6.20 Å². The highest BCUT2D eigenvalue weighted by Gasteiger charge is 1.99. The summed E-state index contributed by atoms with van der Waals surface area (Å²) in [6, 6.07) is 3.22. The number of hydrogen-bond donors (Lipinski definition) is 0. The zero-order chi connectivity index (χ0) is 9.90. The topological polar surface area (TPSA) is 56.4 Å². The summed E-state index contributed by atoms with van der Waals surface area (Å²) in [6.07, 6.45) is 5.34. The Balaban J connectivity index is 2.94. The zero-order valence-corrected chi connectivity index (χ0v) is 8.37. The molecule has 0 N–H and O–H groups in total. The van der Waals surface area contributed by atoms with Gasteiger partial charge in [-0.25, -0.2) is 8.57 Å². The normalized spacial score (nSPS) is 14.9. The molecular weight excluding hydrogens is 188 g/mol. The van der Waals surface area contributed by atoms with E-state index in [0.717, 1.165) is 0 Å². The van der Waals surface area contributed by atoms with Gasteiger partial charge in [-0.2, -0.15) is 6.07 Å². The summed E-state index contributed by atoms with van der Waals surface area (Å²) in [7, 11) is -0.664. The highest BCUT2D eigenvalue weighted by atomic mass is 32.2. The largest absolute Gasteiger partial charge is 0.641 e. The molecule has 0 saturated heterocycles. The van der Waals surface area contributed by atoms with Gasteiger partial charge in [-0.15, -0.1) is 6.07 Å². The fourth-order valence-corrected chi connectivity index (χ4v) is 1.83. The van der Waals surface area contributed by atoms with Crippen LogP contribution in [0.1, 0.15) is 5.56 Å². The average molecular weight is 199 g/mol. The molecule has 4 nitrogen and oxygen atoms in total. The van der Waals surface area contributed by atoms with E-state index >= 15 is 0 Å². The number of aromatic nitrogens is 1. The Morgan fingerprint density at radius 3 is 3.00 bits per heavy atom. The van der Waals surface area contributed by atoms with Gasteiger partial charge in [0.05, 0.1) is 6.20 Å². The first kappa shape index (κ1) is 9.98. The molecule has 1 unspecified atom stereocenters. The lowest BCUT2D eigenvalue weighted by atomic mass is 10.3. The molecule has 0 amide bonds. The Morgan fingerprint density at radius 2 is 2.46 bits per heavy atom. The maximum Gasteiger partial charge on any atom is 0.125 e. The third-order valence-corrected chi connectivity index (χ3v) is 3.24. The van der Waals surface area contributed by atoms with Crippen LogP contribution in [0.15, 0.2) is 22.7 Å². The molecule has 1 aromatic heterocycles. The quantitative estimate of drug-likeness (QED) is 0.392. The van der Waals surface area contributed by atoms with E-state index in [1.165, 1.54) is 19.3 Å². The predicted molar refractivity (Wildman–Crippen MR) is 50.4 cm³/mol. The molecule has 0 aliphatic carbocycles. The monoisotopic (exact) mass is 199 g/mol. The standard InChI is InChI=1S/C8H11N2O2S/c1-9-13(2,12)7-8-4-3-5-10(11)6-8/h3-4,6H,7H2,1-2H3/q-1. The summed E-state index contributed by atoms with van der Waals surface area (Å²) < 4.78 is 15.9. The van der Waals surface area contributed by atoms with Crippen LogP contribution in [0.2, 0.25) is 0 Å². The van der Waals surface area contributed by atoms with Gasteiger partial charge in [0, 0.05) is 28.8 Å². The SMILES string of the molecule is CN=S(C)(=O)Cc1cc[c-][n+]([O-])c1. The number of rotatable bonds is 2. The minimum Gasteiger partial charge on any atom is -0.641 e. The highest BCUT2D eigenvalue weighted by Crippen LogP contribution is 2.03. The molecule has 1 atom stereocenters. The van der Waals surface area contributed by atoms with Crippen molar-refractivity contribution in [1.29, 1.82) is 0 Å². The van der Waals surface area contributed by atoms with E-state index in [9.17, 15) is 9.42 Å². The maximum absolute atomic E-state index is 11.5. The lowest BCUT2D eigenvalue weighted by molar-refractivity contribution is -0.610. The van der Waals surface area contributed by atoms with Gasteiger partial charge < -0.3 is 5.21 Å². The van der Waals surface area contributed by atoms with Gasteiger partial charge in [0.25, 0.3) is 0 Å². The third-order valence-electron chi connectivity index (χ3n) is 1.60. The van der Waals surface area contributed by atoms with E-state index < -0.39 is 9.73 Å². The molecule has 0 aliphatic rings. The Hall–Kier alpha value is -1.10. The van der Waals surface area contributed by atoms with Crippen molar-refractivity contribution in [2.24, 2.45) is 4.36 Å². The number of pyridine rings is 1. The molecule has 1 rings (SSSR count). The van der Waals surface area contributed by atoms with E-state index in [1.807, 2.05) is 0 Å². The molecule has 13 heavy (non-hydrogen) atoms. The molecule has 5 heteroatoms. The third kappa shape index (κ3) is 3.02. The van der Waals surface area contributed by atoms with Gasteiger partial charge in [-0.1, -0.05) is 5.56 Å². The molecule has 0 saturated carbocycles. The van der Waals surface area contributed by atoms with Crippen molar-refractivity contribution in [2.45, 2.75) is 5.75 Å². The van der Waals surface area contributed by atoms with Crippen LogP contribution >= 0.6 is 0 Å². The van der Waals surface area contributed by atoms with Crippen LogP contribution in [0.5, 0.6) is 0 Å². The maximum atomic E-state index is 11.5. The van der Waals surface area contributed by atoms with Crippen LogP contribution in [0.3, 0.4) is 0 Å². The molecule has 1 heterocycles. The van der Waals surface area contributed by atoms with Gasteiger partial charge in [0.15, 0.2) is 0 Å².